The number of benzene rings is 1. The minimum Gasteiger partial charge on any atom is -0.338 e. The number of aromatic nitrogens is 2. The summed E-state index contributed by atoms with van der Waals surface area (Å²) in [6.07, 6.45) is 1.59. The number of nitrogens with zero attached hydrogens (tertiary/aromatic N) is 5. The topological polar surface area (TPSA) is 143 Å². The van der Waals surface area contributed by atoms with Crippen LogP contribution < -0.4 is 22.5 Å². The molecule has 0 bridgehead atoms. The minimum absolute atomic E-state index is 0.0462. The van der Waals surface area contributed by atoms with E-state index in [2.05, 4.69) is 22.1 Å². The monoisotopic (exact) mass is 508 g/mol. The van der Waals surface area contributed by atoms with E-state index in [9.17, 15) is 14.4 Å². The van der Waals surface area contributed by atoms with Crippen molar-refractivity contribution in [3.63, 3.8) is 0 Å². The van der Waals surface area contributed by atoms with Crippen molar-refractivity contribution in [3.8, 4) is 5.69 Å². The van der Waals surface area contributed by atoms with Gasteiger partial charge in [0.15, 0.2) is 0 Å². The maximum Gasteiger partial charge on any atom is 0.354 e. The molecule has 3 aliphatic rings. The van der Waals surface area contributed by atoms with Crippen LogP contribution in [0.15, 0.2) is 41.3 Å². The molecule has 1 aliphatic carbocycles. The number of piperazine rings is 1. The lowest BCUT2D eigenvalue weighted by Crippen LogP contribution is -2.57. The van der Waals surface area contributed by atoms with Crippen molar-refractivity contribution in [1.29, 1.82) is 0 Å². The fourth-order valence-corrected chi connectivity index (χ4v) is 5.61. The van der Waals surface area contributed by atoms with Crippen molar-refractivity contribution in [2.24, 2.45) is 22.8 Å². The highest BCUT2D eigenvalue weighted by Crippen LogP contribution is 2.56. The summed E-state index contributed by atoms with van der Waals surface area (Å²) in [5, 5.41) is 2.63. The molecule has 5 rings (SSSR count). The summed E-state index contributed by atoms with van der Waals surface area (Å²) in [4.78, 5) is 47.3. The van der Waals surface area contributed by atoms with E-state index in [1.807, 2.05) is 38.1 Å². The Hall–Kier alpha value is -3.28. The summed E-state index contributed by atoms with van der Waals surface area (Å²) in [7, 11) is 0. The van der Waals surface area contributed by atoms with Gasteiger partial charge in [-0.25, -0.2) is 9.59 Å². The van der Waals surface area contributed by atoms with E-state index in [4.69, 9.17) is 11.5 Å². The molecule has 2 aromatic rings. The third kappa shape index (κ3) is 5.25. The molecule has 2 saturated heterocycles. The molecule has 1 unspecified atom stereocenters. The highest BCUT2D eigenvalue weighted by molar-refractivity contribution is 5.92. The lowest BCUT2D eigenvalue weighted by atomic mass is 10.1. The standard InChI is InChI=1S/C26H36N8O3/c1-25(2,28)15-33-11-10-32(14-21(33)35)23(36)29-20-8-9-34(24(37)30-20)18-6-4-17(5-7-18)12-31-13-19-22(27)26(19,3)16-31/h4-9,19,22H,10-16,27-28H2,1-3H3,(H,29,30,36,37)/t19-,22-,26?/m0/s1. The van der Waals surface area contributed by atoms with Gasteiger partial charge in [-0.15, -0.1) is 0 Å². The fourth-order valence-electron chi connectivity index (χ4n) is 5.61. The molecule has 3 amide bonds. The number of hydrogen-bond donors (Lipinski definition) is 3. The largest absolute Gasteiger partial charge is 0.354 e. The van der Waals surface area contributed by atoms with Crippen LogP contribution in [0.3, 0.4) is 0 Å². The Balaban J connectivity index is 1.17. The summed E-state index contributed by atoms with van der Waals surface area (Å²) in [5.74, 6) is 0.579. The third-order valence-corrected chi connectivity index (χ3v) is 7.82. The summed E-state index contributed by atoms with van der Waals surface area (Å²) in [6.45, 7) is 10.1. The predicted molar refractivity (Wildman–Crippen MR) is 140 cm³/mol. The first-order valence-corrected chi connectivity index (χ1v) is 12.7. The van der Waals surface area contributed by atoms with Gasteiger partial charge in [0.1, 0.15) is 12.4 Å². The maximum absolute atomic E-state index is 12.7. The highest BCUT2D eigenvalue weighted by atomic mass is 16.2. The number of fused-ring (bicyclic) bond motifs is 1. The van der Waals surface area contributed by atoms with Gasteiger partial charge < -0.3 is 21.3 Å². The maximum atomic E-state index is 12.7. The molecule has 1 aromatic carbocycles. The van der Waals surface area contributed by atoms with Crippen LogP contribution in [0, 0.1) is 11.3 Å². The van der Waals surface area contributed by atoms with Crippen molar-refractivity contribution in [2.45, 2.75) is 38.9 Å². The number of rotatable bonds is 6. The van der Waals surface area contributed by atoms with Crippen LogP contribution >= 0.6 is 0 Å². The SMILES string of the molecule is CC(C)(N)CN1CCN(C(=O)Nc2ccn(-c3ccc(CN4C[C@H]5[C@H](N)C5(C)C4)cc3)c(=O)n2)CC1=O. The Morgan fingerprint density at radius 2 is 1.92 bits per heavy atom. The van der Waals surface area contributed by atoms with Gasteiger partial charge in [0, 0.05) is 62.5 Å². The second kappa shape index (κ2) is 9.23. The molecular formula is C26H36N8O3. The number of hydrogen-bond acceptors (Lipinski definition) is 7. The molecule has 5 N–H and O–H groups in total. The first kappa shape index (κ1) is 25.4. The van der Waals surface area contributed by atoms with Gasteiger partial charge in [0.05, 0.1) is 5.69 Å². The predicted octanol–water partition coefficient (Wildman–Crippen LogP) is 0.425. The minimum atomic E-state index is -0.504. The Kier molecular flexibility index (Phi) is 6.33. The zero-order valence-corrected chi connectivity index (χ0v) is 21.7. The van der Waals surface area contributed by atoms with Crippen molar-refractivity contribution < 1.29 is 9.59 Å². The van der Waals surface area contributed by atoms with Gasteiger partial charge in [-0.3, -0.25) is 19.6 Å². The Morgan fingerprint density at radius 3 is 2.51 bits per heavy atom. The van der Waals surface area contributed by atoms with Crippen LogP contribution in [0.1, 0.15) is 26.3 Å². The van der Waals surface area contributed by atoms with E-state index in [1.54, 1.807) is 17.2 Å². The van der Waals surface area contributed by atoms with Crippen molar-refractivity contribution in [3.05, 3.63) is 52.6 Å². The van der Waals surface area contributed by atoms with Gasteiger partial charge in [0.2, 0.25) is 5.91 Å². The van der Waals surface area contributed by atoms with Crippen LogP contribution in [0.25, 0.3) is 5.69 Å². The van der Waals surface area contributed by atoms with Crippen LogP contribution in [0.2, 0.25) is 0 Å². The van der Waals surface area contributed by atoms with E-state index in [0.29, 0.717) is 37.3 Å². The number of nitrogens with one attached hydrogen (secondary N) is 1. The van der Waals surface area contributed by atoms with Crippen molar-refractivity contribution in [1.82, 2.24) is 24.3 Å². The summed E-state index contributed by atoms with van der Waals surface area (Å²) >= 11 is 0. The molecule has 1 saturated carbocycles. The lowest BCUT2D eigenvalue weighted by molar-refractivity contribution is -0.135. The van der Waals surface area contributed by atoms with Crippen LogP contribution in [0.5, 0.6) is 0 Å². The Morgan fingerprint density at radius 1 is 1.19 bits per heavy atom. The molecule has 0 radical (unpaired) electrons. The zero-order valence-electron chi connectivity index (χ0n) is 21.7. The number of amides is 3. The number of carbonyl (C=O) groups excluding carboxylic acids is 2. The van der Waals surface area contributed by atoms with Gasteiger partial charge in [-0.1, -0.05) is 19.1 Å². The molecule has 11 heteroatoms. The van der Waals surface area contributed by atoms with E-state index in [-0.39, 0.29) is 23.7 Å². The van der Waals surface area contributed by atoms with Crippen molar-refractivity contribution >= 4 is 17.8 Å². The number of carbonyl (C=O) groups is 2. The van der Waals surface area contributed by atoms with E-state index in [1.165, 1.54) is 15.0 Å². The van der Waals surface area contributed by atoms with Crippen LogP contribution in [-0.2, 0) is 11.3 Å². The normalized spacial score (nSPS) is 25.8. The second-order valence-corrected chi connectivity index (χ2v) is 11.6. The molecule has 3 atom stereocenters. The first-order chi connectivity index (χ1) is 17.4. The van der Waals surface area contributed by atoms with E-state index >= 15 is 0 Å². The molecule has 3 fully saturated rings. The van der Waals surface area contributed by atoms with E-state index in [0.717, 1.165) is 19.6 Å². The van der Waals surface area contributed by atoms with E-state index < -0.39 is 17.3 Å². The molecule has 37 heavy (non-hydrogen) atoms. The number of anilines is 1. The average Bonchev–Trinajstić information content (AvgIpc) is 3.14. The zero-order chi connectivity index (χ0) is 26.5. The van der Waals surface area contributed by atoms with Gasteiger partial charge >= 0.3 is 11.7 Å². The Labute approximate surface area is 216 Å². The number of nitrogens with two attached hydrogens (primary N) is 2. The molecule has 198 valence electrons. The third-order valence-electron chi connectivity index (χ3n) is 7.82. The summed E-state index contributed by atoms with van der Waals surface area (Å²) < 4.78 is 1.43. The fraction of sp³-hybridized carbons (Fsp3) is 0.538. The smallest absolute Gasteiger partial charge is 0.338 e. The molecule has 0 spiro atoms. The van der Waals surface area contributed by atoms with Gasteiger partial charge in [-0.05, 0) is 43.5 Å². The summed E-state index contributed by atoms with van der Waals surface area (Å²) in [5.41, 5.74) is 13.3. The molecule has 2 aliphatic heterocycles. The summed E-state index contributed by atoms with van der Waals surface area (Å²) in [6, 6.07) is 9.27. The second-order valence-electron chi connectivity index (χ2n) is 11.6. The van der Waals surface area contributed by atoms with Crippen molar-refractivity contribution in [2.75, 3.05) is 44.6 Å². The first-order valence-electron chi connectivity index (χ1n) is 12.7. The number of urea groups is 1. The molecule has 11 nitrogen and oxygen atoms in total. The number of likely N-dealkylation sites (tertiary alicyclic amines) is 1. The number of piperidine rings is 1. The molecule has 3 heterocycles. The van der Waals surface area contributed by atoms with Gasteiger partial charge in [-0.2, -0.15) is 4.98 Å². The highest BCUT2D eigenvalue weighted by Gasteiger charge is 2.63. The molecular weight excluding hydrogens is 472 g/mol. The molecule has 1 aromatic heterocycles. The van der Waals surface area contributed by atoms with Crippen LogP contribution in [0.4, 0.5) is 10.6 Å². The van der Waals surface area contributed by atoms with Crippen LogP contribution in [-0.4, -0.2) is 87.0 Å². The van der Waals surface area contributed by atoms with Gasteiger partial charge in [0.25, 0.3) is 0 Å². The average molecular weight is 509 g/mol. The Bertz CT molecular complexity index is 1250. The quantitative estimate of drug-likeness (QED) is 0.513. The lowest BCUT2D eigenvalue weighted by Gasteiger charge is -2.37.